The van der Waals surface area contributed by atoms with E-state index in [0.29, 0.717) is 17.5 Å². The lowest BCUT2D eigenvalue weighted by Gasteiger charge is -2.12. The summed E-state index contributed by atoms with van der Waals surface area (Å²) >= 11 is 0. The molecule has 10 aromatic heterocycles. The van der Waals surface area contributed by atoms with E-state index in [1.807, 2.05) is 140 Å². The van der Waals surface area contributed by atoms with Crippen LogP contribution in [0.1, 0.15) is 0 Å². The standard InChI is InChI=1S/C37H23N5.C35H22N6.C35H22N4/c1-3-10-25(11-4-1)35-40-36(26-12-5-2-6-13-26)42-37(41-35)27-19-17-24(18-20-27)32-22-21-31-29-16-9-23-38-33(29)28-14-7-8-15-30(28)34(31)39-32;1-2-7-26(8-3-1)41-34(39-40-35(41)25-18-21-36-22-19-25)24-14-12-23(13-15-24)31-17-16-30-28-11-6-20-37-32(28)27-9-4-5-10-29(27)33(30)38-31;1-2-9-25(10-3-1)39-32-15-7-6-14-31(32)38-35(39)24-18-16-23(17-19-24)30-21-20-29-27-13-8-22-36-33(27)26-11-4-5-12-28(26)34(29)37-30/h1-23H;1-22H;1-22H. The lowest BCUT2D eigenvalue weighted by Crippen LogP contribution is -2.00. The average molecular weight is 1560 g/mol. The molecule has 10 heterocycles. The number of nitrogens with zero attached hydrogens (tertiary/aromatic N) is 15. The van der Waals surface area contributed by atoms with Crippen LogP contribution >= 0.6 is 0 Å². The van der Waals surface area contributed by atoms with E-state index in [1.165, 1.54) is 0 Å². The Balaban J connectivity index is 0.000000109. The van der Waals surface area contributed by atoms with Gasteiger partial charge in [0, 0.05) is 157 Å². The third kappa shape index (κ3) is 13.1. The second-order valence-corrected chi connectivity index (χ2v) is 29.7. The van der Waals surface area contributed by atoms with Crippen LogP contribution in [0.5, 0.6) is 0 Å². The molecule has 15 heteroatoms. The fraction of sp³-hybridized carbons (Fsp3) is 0. The Bertz CT molecular complexity index is 7930. The van der Waals surface area contributed by atoms with Crippen molar-refractivity contribution in [2.45, 2.75) is 0 Å². The van der Waals surface area contributed by atoms with Gasteiger partial charge in [0.15, 0.2) is 29.1 Å². The minimum Gasteiger partial charge on any atom is -0.292 e. The van der Waals surface area contributed by atoms with Crippen LogP contribution in [0.2, 0.25) is 0 Å². The molecule has 0 bridgehead atoms. The summed E-state index contributed by atoms with van der Waals surface area (Å²) in [6.07, 6.45) is 9.10. The van der Waals surface area contributed by atoms with Crippen LogP contribution in [0.25, 0.3) is 222 Å². The summed E-state index contributed by atoms with van der Waals surface area (Å²) in [5.41, 5.74) is 21.8. The zero-order valence-electron chi connectivity index (χ0n) is 65.4. The zero-order chi connectivity index (χ0) is 80.8. The molecule has 0 unspecified atom stereocenters. The normalized spacial score (nSPS) is 11.4. The zero-order valence-corrected chi connectivity index (χ0v) is 65.4. The highest BCUT2D eigenvalue weighted by Crippen LogP contribution is 2.41. The first kappa shape index (κ1) is 71.6. The molecule has 0 atom stereocenters. The van der Waals surface area contributed by atoms with Crippen LogP contribution in [0.4, 0.5) is 0 Å². The Morgan fingerprint density at radius 2 is 0.459 bits per heavy atom. The van der Waals surface area contributed by atoms with Gasteiger partial charge in [0.25, 0.3) is 0 Å². The monoisotopic (exact) mass is 1560 g/mol. The molecule has 0 spiro atoms. The van der Waals surface area contributed by atoms with Crippen molar-refractivity contribution in [2.24, 2.45) is 0 Å². The lowest BCUT2D eigenvalue weighted by molar-refractivity contribution is 1.07. The number of hydrogen-bond donors (Lipinski definition) is 0. The summed E-state index contributed by atoms with van der Waals surface area (Å²) in [7, 11) is 0. The van der Waals surface area contributed by atoms with Gasteiger partial charge in [-0.2, -0.15) is 0 Å². The molecule has 0 N–H and O–H groups in total. The first-order valence-corrected chi connectivity index (χ1v) is 40.3. The summed E-state index contributed by atoms with van der Waals surface area (Å²) in [5.74, 6) is 4.38. The molecule has 122 heavy (non-hydrogen) atoms. The first-order chi connectivity index (χ1) is 60.5. The Morgan fingerprint density at radius 1 is 0.172 bits per heavy atom. The van der Waals surface area contributed by atoms with Gasteiger partial charge in [0.2, 0.25) is 0 Å². The number of benzene rings is 14. The van der Waals surface area contributed by atoms with E-state index in [2.05, 4.69) is 294 Å². The topological polar surface area (TPSA) is 177 Å². The van der Waals surface area contributed by atoms with Crippen LogP contribution in [-0.4, -0.2) is 74.2 Å². The molecule has 24 rings (SSSR count). The average Bonchev–Trinajstić information content (AvgIpc) is 0.811. The van der Waals surface area contributed by atoms with Gasteiger partial charge in [-0.15, -0.1) is 10.2 Å². The fourth-order valence-corrected chi connectivity index (χ4v) is 16.7. The number of aromatic nitrogens is 15. The van der Waals surface area contributed by atoms with Gasteiger partial charge in [-0.25, -0.2) is 34.9 Å². The molecule has 0 aliphatic carbocycles. The van der Waals surface area contributed by atoms with Crippen molar-refractivity contribution < 1.29 is 0 Å². The van der Waals surface area contributed by atoms with Crippen molar-refractivity contribution in [2.75, 3.05) is 0 Å². The highest BCUT2D eigenvalue weighted by atomic mass is 15.3. The maximum Gasteiger partial charge on any atom is 0.168 e. The predicted molar refractivity (Wildman–Crippen MR) is 493 cm³/mol. The van der Waals surface area contributed by atoms with Crippen molar-refractivity contribution in [3.8, 4) is 113 Å². The van der Waals surface area contributed by atoms with Crippen molar-refractivity contribution in [3.63, 3.8) is 0 Å². The predicted octanol–water partition coefficient (Wildman–Crippen LogP) is 25.3. The third-order valence-electron chi connectivity index (χ3n) is 22.5. The molecule has 0 amide bonds. The number of para-hydroxylation sites is 4. The van der Waals surface area contributed by atoms with Crippen LogP contribution in [0.15, 0.2) is 407 Å². The van der Waals surface area contributed by atoms with Gasteiger partial charge in [-0.3, -0.25) is 29.1 Å². The highest BCUT2D eigenvalue weighted by molar-refractivity contribution is 6.25. The molecule has 0 fully saturated rings. The quantitative estimate of drug-likeness (QED) is 0.112. The Labute approximate surface area is 699 Å². The summed E-state index contributed by atoms with van der Waals surface area (Å²) in [4.78, 5) is 53.3. The highest BCUT2D eigenvalue weighted by Gasteiger charge is 2.22. The maximum atomic E-state index is 5.18. The minimum atomic E-state index is 0.630. The fourth-order valence-electron chi connectivity index (χ4n) is 16.7. The molecule has 570 valence electrons. The number of pyridine rings is 7. The maximum absolute atomic E-state index is 5.18. The van der Waals surface area contributed by atoms with Gasteiger partial charge in [-0.05, 0) is 103 Å². The second-order valence-electron chi connectivity index (χ2n) is 29.7. The second kappa shape index (κ2) is 30.9. The summed E-state index contributed by atoms with van der Waals surface area (Å²) in [6.45, 7) is 0. The third-order valence-corrected chi connectivity index (χ3v) is 22.5. The molecule has 24 aromatic rings. The molecule has 15 nitrogen and oxygen atoms in total. The lowest BCUT2D eigenvalue weighted by atomic mass is 9.99. The van der Waals surface area contributed by atoms with Crippen molar-refractivity contribution in [1.82, 2.24) is 74.2 Å². The van der Waals surface area contributed by atoms with Crippen molar-refractivity contribution in [1.29, 1.82) is 0 Å². The first-order valence-electron chi connectivity index (χ1n) is 40.3. The summed E-state index contributed by atoms with van der Waals surface area (Å²) in [5, 5.41) is 22.5. The van der Waals surface area contributed by atoms with E-state index in [1.54, 1.807) is 12.4 Å². The Morgan fingerprint density at radius 3 is 0.852 bits per heavy atom. The number of hydrogen-bond acceptors (Lipinski definition) is 13. The summed E-state index contributed by atoms with van der Waals surface area (Å²) < 4.78 is 4.31. The van der Waals surface area contributed by atoms with Crippen LogP contribution in [0, 0.1) is 0 Å². The van der Waals surface area contributed by atoms with Gasteiger partial charge >= 0.3 is 0 Å². The molecule has 0 saturated heterocycles. The largest absolute Gasteiger partial charge is 0.292 e. The van der Waals surface area contributed by atoms with E-state index >= 15 is 0 Å². The Hall–Kier alpha value is -16.9. The SMILES string of the molecule is c1ccc(-c2nc(-c3ccccc3)nc(-c3ccc(-c4ccc5c6cccnc6c6ccccc6c5n4)cc3)n2)cc1.c1ccc(-n2c(-c3ccc(-c4ccc5c6cccnc6c6ccccc6c5n4)cc3)nc3ccccc32)cc1.c1ccc(-n2c(-c3ccncc3)nnc2-c2ccc(-c3ccc4c5cccnc5c5ccccc5c4n3)cc2)cc1. The van der Waals surface area contributed by atoms with Gasteiger partial charge in [0.1, 0.15) is 5.82 Å². The minimum absolute atomic E-state index is 0.630. The molecule has 0 saturated carbocycles. The smallest absolute Gasteiger partial charge is 0.168 e. The van der Waals surface area contributed by atoms with E-state index in [9.17, 15) is 0 Å². The van der Waals surface area contributed by atoms with Crippen LogP contribution < -0.4 is 0 Å². The Kier molecular flexibility index (Phi) is 18.2. The van der Waals surface area contributed by atoms with Gasteiger partial charge in [-0.1, -0.05) is 273 Å². The molecule has 0 aliphatic heterocycles. The van der Waals surface area contributed by atoms with Crippen molar-refractivity contribution in [3.05, 3.63) is 407 Å². The van der Waals surface area contributed by atoms with Gasteiger partial charge < -0.3 is 0 Å². The molecule has 0 aliphatic rings. The van der Waals surface area contributed by atoms with Gasteiger partial charge in [0.05, 0.1) is 61.2 Å². The van der Waals surface area contributed by atoms with E-state index in [4.69, 9.17) is 34.9 Å². The van der Waals surface area contributed by atoms with E-state index in [-0.39, 0.29) is 0 Å². The van der Waals surface area contributed by atoms with Crippen LogP contribution in [-0.2, 0) is 0 Å². The molecule has 0 radical (unpaired) electrons. The number of imidazole rings is 1. The molecular formula is C107H67N15. The molecule has 14 aromatic carbocycles. The van der Waals surface area contributed by atoms with Crippen LogP contribution in [0.3, 0.4) is 0 Å². The molecular weight excluding hydrogens is 1500 g/mol. The summed E-state index contributed by atoms with van der Waals surface area (Å²) in [6, 6.07) is 128. The van der Waals surface area contributed by atoms with E-state index < -0.39 is 0 Å². The number of fused-ring (bicyclic) bond motifs is 19. The van der Waals surface area contributed by atoms with Crippen molar-refractivity contribution >= 4 is 109 Å². The van der Waals surface area contributed by atoms with E-state index in [0.717, 1.165) is 205 Å². The number of rotatable bonds is 11.